The van der Waals surface area contributed by atoms with Gasteiger partial charge in [-0.15, -0.1) is 0 Å². The van der Waals surface area contributed by atoms with Crippen LogP contribution in [0.2, 0.25) is 0 Å². The Morgan fingerprint density at radius 3 is 2.38 bits per heavy atom. The van der Waals surface area contributed by atoms with Crippen LogP contribution < -0.4 is 10.0 Å². The molecular formula is C16H24N2O2S. The van der Waals surface area contributed by atoms with E-state index in [2.05, 4.69) is 10.0 Å². The lowest BCUT2D eigenvalue weighted by Crippen LogP contribution is -2.28. The molecular weight excluding hydrogens is 284 g/mol. The van der Waals surface area contributed by atoms with Crippen molar-refractivity contribution in [1.29, 1.82) is 0 Å². The number of anilines is 2. The minimum atomic E-state index is -3.24. The zero-order chi connectivity index (χ0) is 14.9. The lowest BCUT2D eigenvalue weighted by atomic mass is 9.82. The summed E-state index contributed by atoms with van der Waals surface area (Å²) in [6, 6.07) is 8.02. The third-order valence-corrected chi connectivity index (χ3v) is 5.18. The van der Waals surface area contributed by atoms with E-state index in [1.165, 1.54) is 44.8 Å². The van der Waals surface area contributed by atoms with Crippen molar-refractivity contribution in [3.05, 3.63) is 24.3 Å². The van der Waals surface area contributed by atoms with Gasteiger partial charge in [-0.05, 0) is 49.7 Å². The van der Waals surface area contributed by atoms with Gasteiger partial charge in [-0.25, -0.2) is 8.42 Å². The Labute approximate surface area is 127 Å². The fourth-order valence-corrected chi connectivity index (χ4v) is 4.05. The third kappa shape index (κ3) is 4.13. The van der Waals surface area contributed by atoms with E-state index in [1.807, 2.05) is 24.3 Å². The summed E-state index contributed by atoms with van der Waals surface area (Å²) >= 11 is 0. The lowest BCUT2D eigenvalue weighted by Gasteiger charge is -2.31. The number of rotatable bonds is 5. The molecule has 4 nitrogen and oxygen atoms in total. The van der Waals surface area contributed by atoms with Crippen molar-refractivity contribution in [2.45, 2.75) is 44.6 Å². The first kappa shape index (κ1) is 14.7. The van der Waals surface area contributed by atoms with Gasteiger partial charge in [0.15, 0.2) is 0 Å². The van der Waals surface area contributed by atoms with Crippen molar-refractivity contribution in [2.24, 2.45) is 11.8 Å². The molecule has 5 heteroatoms. The van der Waals surface area contributed by atoms with Crippen LogP contribution in [0, 0.1) is 11.8 Å². The molecule has 0 aliphatic heterocycles. The van der Waals surface area contributed by atoms with E-state index < -0.39 is 10.0 Å². The van der Waals surface area contributed by atoms with Gasteiger partial charge >= 0.3 is 0 Å². The van der Waals surface area contributed by atoms with Crippen molar-refractivity contribution in [1.82, 2.24) is 0 Å². The monoisotopic (exact) mass is 308 g/mol. The Balaban J connectivity index is 1.69. The van der Waals surface area contributed by atoms with Gasteiger partial charge in [0.25, 0.3) is 0 Å². The van der Waals surface area contributed by atoms with Gasteiger partial charge in [0.2, 0.25) is 10.0 Å². The predicted molar refractivity (Wildman–Crippen MR) is 87.0 cm³/mol. The van der Waals surface area contributed by atoms with Gasteiger partial charge in [0.1, 0.15) is 0 Å². The fourth-order valence-electron chi connectivity index (χ4n) is 3.47. The van der Waals surface area contributed by atoms with Crippen LogP contribution in [0.3, 0.4) is 0 Å². The van der Waals surface area contributed by atoms with Crippen LogP contribution in [0.15, 0.2) is 24.3 Å². The number of sulfonamides is 1. The Bertz CT molecular complexity index is 596. The SMILES string of the molecule is CS(=O)(=O)Nc1ccccc1NC1CCCC(C2CC2)C1. The second kappa shape index (κ2) is 5.87. The summed E-state index contributed by atoms with van der Waals surface area (Å²) in [6.45, 7) is 0. The maximum Gasteiger partial charge on any atom is 0.229 e. The largest absolute Gasteiger partial charge is 0.381 e. The van der Waals surface area contributed by atoms with Crippen LogP contribution in [0.25, 0.3) is 0 Å². The highest BCUT2D eigenvalue weighted by molar-refractivity contribution is 7.92. The molecule has 0 aromatic heterocycles. The average molecular weight is 308 g/mol. The first-order valence-corrected chi connectivity index (χ1v) is 9.74. The maximum absolute atomic E-state index is 11.5. The zero-order valence-corrected chi connectivity index (χ0v) is 13.3. The summed E-state index contributed by atoms with van der Waals surface area (Å²) in [6.07, 6.45) is 9.04. The molecule has 2 unspecified atom stereocenters. The number of hydrogen-bond acceptors (Lipinski definition) is 3. The van der Waals surface area contributed by atoms with E-state index in [0.29, 0.717) is 11.7 Å². The van der Waals surface area contributed by atoms with E-state index >= 15 is 0 Å². The smallest absolute Gasteiger partial charge is 0.229 e. The Kier molecular flexibility index (Phi) is 4.11. The van der Waals surface area contributed by atoms with Gasteiger partial charge in [-0.1, -0.05) is 25.0 Å². The summed E-state index contributed by atoms with van der Waals surface area (Å²) in [5, 5.41) is 3.56. The van der Waals surface area contributed by atoms with Crippen molar-refractivity contribution >= 4 is 21.4 Å². The van der Waals surface area contributed by atoms with Gasteiger partial charge in [-0.3, -0.25) is 4.72 Å². The highest BCUT2D eigenvalue weighted by Crippen LogP contribution is 2.44. The molecule has 2 saturated carbocycles. The standard InChI is InChI=1S/C16H24N2O2S/c1-21(19,20)18-16-8-3-2-7-15(16)17-14-6-4-5-13(11-14)12-9-10-12/h2-3,7-8,12-14,17-18H,4-6,9-11H2,1H3. The second-order valence-electron chi connectivity index (χ2n) is 6.53. The van der Waals surface area contributed by atoms with Gasteiger partial charge in [0, 0.05) is 6.04 Å². The summed E-state index contributed by atoms with van der Waals surface area (Å²) < 4.78 is 25.5. The molecule has 1 aromatic carbocycles. The molecule has 0 spiro atoms. The van der Waals surface area contributed by atoms with Crippen LogP contribution in [0.4, 0.5) is 11.4 Å². The predicted octanol–water partition coefficient (Wildman–Crippen LogP) is 3.44. The maximum atomic E-state index is 11.5. The molecule has 116 valence electrons. The second-order valence-corrected chi connectivity index (χ2v) is 8.27. The first-order valence-electron chi connectivity index (χ1n) is 7.84. The van der Waals surface area contributed by atoms with E-state index in [9.17, 15) is 8.42 Å². The normalized spacial score (nSPS) is 26.3. The van der Waals surface area contributed by atoms with E-state index in [1.54, 1.807) is 0 Å². The summed E-state index contributed by atoms with van der Waals surface area (Å²) in [7, 11) is -3.24. The van der Waals surface area contributed by atoms with E-state index in [-0.39, 0.29) is 0 Å². The van der Waals surface area contributed by atoms with Crippen LogP contribution >= 0.6 is 0 Å². The van der Waals surface area contributed by atoms with Crippen LogP contribution in [-0.4, -0.2) is 20.7 Å². The molecule has 0 bridgehead atoms. The highest BCUT2D eigenvalue weighted by atomic mass is 32.2. The molecule has 21 heavy (non-hydrogen) atoms. The number of nitrogens with one attached hydrogen (secondary N) is 2. The Morgan fingerprint density at radius 2 is 1.71 bits per heavy atom. The summed E-state index contributed by atoms with van der Waals surface area (Å²) in [4.78, 5) is 0. The van der Waals surface area contributed by atoms with E-state index in [0.717, 1.165) is 17.5 Å². The molecule has 2 fully saturated rings. The van der Waals surface area contributed by atoms with Crippen molar-refractivity contribution in [3.8, 4) is 0 Å². The van der Waals surface area contributed by atoms with Gasteiger partial charge in [-0.2, -0.15) is 0 Å². The van der Waals surface area contributed by atoms with Crippen molar-refractivity contribution < 1.29 is 8.42 Å². The topological polar surface area (TPSA) is 58.2 Å². The van der Waals surface area contributed by atoms with Crippen LogP contribution in [0.5, 0.6) is 0 Å². The molecule has 2 atom stereocenters. The first-order chi connectivity index (χ1) is 10.0. The van der Waals surface area contributed by atoms with Gasteiger partial charge < -0.3 is 5.32 Å². The minimum Gasteiger partial charge on any atom is -0.381 e. The Morgan fingerprint density at radius 1 is 1.00 bits per heavy atom. The third-order valence-electron chi connectivity index (χ3n) is 4.59. The molecule has 2 aliphatic carbocycles. The van der Waals surface area contributed by atoms with Gasteiger partial charge in [0.05, 0.1) is 17.6 Å². The molecule has 0 heterocycles. The lowest BCUT2D eigenvalue weighted by molar-refractivity contribution is 0.303. The number of para-hydroxylation sites is 2. The molecule has 3 rings (SSSR count). The molecule has 0 saturated heterocycles. The fraction of sp³-hybridized carbons (Fsp3) is 0.625. The zero-order valence-electron chi connectivity index (χ0n) is 12.5. The van der Waals surface area contributed by atoms with Crippen LogP contribution in [-0.2, 0) is 10.0 Å². The number of hydrogen-bond donors (Lipinski definition) is 2. The quantitative estimate of drug-likeness (QED) is 0.876. The van der Waals surface area contributed by atoms with Crippen molar-refractivity contribution in [2.75, 3.05) is 16.3 Å². The average Bonchev–Trinajstić information content (AvgIpc) is 3.24. The summed E-state index contributed by atoms with van der Waals surface area (Å²) in [5.74, 6) is 1.82. The minimum absolute atomic E-state index is 0.465. The summed E-state index contributed by atoms with van der Waals surface area (Å²) in [5.41, 5.74) is 1.54. The number of benzene rings is 1. The van der Waals surface area contributed by atoms with Crippen molar-refractivity contribution in [3.63, 3.8) is 0 Å². The molecule has 2 N–H and O–H groups in total. The molecule has 0 amide bonds. The Hall–Kier alpha value is -1.23. The molecule has 2 aliphatic rings. The molecule has 1 aromatic rings. The highest BCUT2D eigenvalue weighted by Gasteiger charge is 2.34. The van der Waals surface area contributed by atoms with E-state index in [4.69, 9.17) is 0 Å². The molecule has 0 radical (unpaired) electrons. The van der Waals surface area contributed by atoms with Crippen LogP contribution in [0.1, 0.15) is 38.5 Å².